The number of amidine groups is 1. The van der Waals surface area contributed by atoms with Crippen molar-refractivity contribution in [3.05, 3.63) is 57.7 Å². The number of aliphatic imine (C=N–C) groups is 1. The van der Waals surface area contributed by atoms with E-state index in [1.165, 1.54) is 10.5 Å². The molecule has 0 amide bonds. The van der Waals surface area contributed by atoms with Crippen LogP contribution in [0.25, 0.3) is 0 Å². The molecule has 92 valence electrons. The minimum absolute atomic E-state index is 0.222. The Balaban J connectivity index is 2.01. The summed E-state index contributed by atoms with van der Waals surface area (Å²) in [7, 11) is 0. The van der Waals surface area contributed by atoms with Gasteiger partial charge in [0, 0.05) is 21.8 Å². The molecule has 2 aliphatic rings. The van der Waals surface area contributed by atoms with Gasteiger partial charge < -0.3 is 4.90 Å². The quantitative estimate of drug-likeness (QED) is 0.747. The van der Waals surface area contributed by atoms with Gasteiger partial charge in [-0.2, -0.15) is 0 Å². The maximum Gasteiger partial charge on any atom is 0.173 e. The number of hydrogen-bond donors (Lipinski definition) is 0. The fourth-order valence-electron chi connectivity index (χ4n) is 2.17. The van der Waals surface area contributed by atoms with Crippen LogP contribution < -0.4 is 0 Å². The SMILES string of the molecule is CC1=CC(c2ccc(Cl)cc2)N2C=C(C)SC2=N1. The molecule has 0 bridgehead atoms. The molecule has 0 saturated carbocycles. The zero-order valence-electron chi connectivity index (χ0n) is 10.2. The van der Waals surface area contributed by atoms with Crippen molar-refractivity contribution in [2.45, 2.75) is 19.9 Å². The van der Waals surface area contributed by atoms with Gasteiger partial charge in [0.1, 0.15) is 0 Å². The topological polar surface area (TPSA) is 15.6 Å². The highest BCUT2D eigenvalue weighted by Crippen LogP contribution is 2.39. The van der Waals surface area contributed by atoms with Crippen LogP contribution in [0.1, 0.15) is 25.5 Å². The summed E-state index contributed by atoms with van der Waals surface area (Å²) in [5.74, 6) is 0. The lowest BCUT2D eigenvalue weighted by atomic mass is 10.0. The van der Waals surface area contributed by atoms with Crippen molar-refractivity contribution in [2.24, 2.45) is 4.99 Å². The van der Waals surface area contributed by atoms with Gasteiger partial charge in [-0.25, -0.2) is 4.99 Å². The van der Waals surface area contributed by atoms with E-state index in [1.807, 2.05) is 19.1 Å². The molecule has 1 aromatic carbocycles. The minimum atomic E-state index is 0.222. The molecule has 1 unspecified atom stereocenters. The molecule has 0 spiro atoms. The van der Waals surface area contributed by atoms with Crippen molar-refractivity contribution in [2.75, 3.05) is 0 Å². The van der Waals surface area contributed by atoms with Crippen LogP contribution in [0.2, 0.25) is 5.02 Å². The zero-order chi connectivity index (χ0) is 12.7. The van der Waals surface area contributed by atoms with E-state index in [1.54, 1.807) is 11.8 Å². The predicted octanol–water partition coefficient (Wildman–Crippen LogP) is 4.56. The molecule has 2 aliphatic heterocycles. The van der Waals surface area contributed by atoms with Crippen LogP contribution in [-0.4, -0.2) is 10.1 Å². The number of fused-ring (bicyclic) bond motifs is 1. The highest BCUT2D eigenvalue weighted by molar-refractivity contribution is 8.17. The highest BCUT2D eigenvalue weighted by Gasteiger charge is 2.29. The molecule has 0 N–H and O–H groups in total. The lowest BCUT2D eigenvalue weighted by Crippen LogP contribution is -2.27. The van der Waals surface area contributed by atoms with E-state index in [0.29, 0.717) is 0 Å². The van der Waals surface area contributed by atoms with Crippen molar-refractivity contribution in [3.63, 3.8) is 0 Å². The molecule has 4 heteroatoms. The third-order valence-electron chi connectivity index (χ3n) is 2.98. The monoisotopic (exact) mass is 276 g/mol. The van der Waals surface area contributed by atoms with Gasteiger partial charge in [0.25, 0.3) is 0 Å². The number of thioether (sulfide) groups is 1. The third-order valence-corrected chi connectivity index (χ3v) is 4.14. The summed E-state index contributed by atoms with van der Waals surface area (Å²) in [6, 6.07) is 8.24. The molecule has 1 atom stereocenters. The van der Waals surface area contributed by atoms with E-state index < -0.39 is 0 Å². The zero-order valence-corrected chi connectivity index (χ0v) is 11.8. The summed E-state index contributed by atoms with van der Waals surface area (Å²) in [5.41, 5.74) is 2.30. The normalized spacial score (nSPS) is 22.3. The van der Waals surface area contributed by atoms with Crippen LogP contribution in [0.5, 0.6) is 0 Å². The van der Waals surface area contributed by atoms with Gasteiger partial charge in [0.15, 0.2) is 5.17 Å². The van der Waals surface area contributed by atoms with Gasteiger partial charge in [0.05, 0.1) is 6.04 Å². The summed E-state index contributed by atoms with van der Waals surface area (Å²) >= 11 is 7.67. The first kappa shape index (κ1) is 11.9. The van der Waals surface area contributed by atoms with E-state index >= 15 is 0 Å². The largest absolute Gasteiger partial charge is 0.315 e. The number of rotatable bonds is 1. The van der Waals surface area contributed by atoms with Gasteiger partial charge in [-0.15, -0.1) is 0 Å². The smallest absolute Gasteiger partial charge is 0.173 e. The van der Waals surface area contributed by atoms with Crippen LogP contribution in [0.15, 0.2) is 52.1 Å². The van der Waals surface area contributed by atoms with Crippen molar-refractivity contribution < 1.29 is 0 Å². The van der Waals surface area contributed by atoms with Crippen molar-refractivity contribution in [3.8, 4) is 0 Å². The molecule has 3 rings (SSSR count). The first-order valence-corrected chi connectivity index (χ1v) is 7.00. The molecule has 0 radical (unpaired) electrons. The number of benzene rings is 1. The minimum Gasteiger partial charge on any atom is -0.315 e. The molecular formula is C14H13ClN2S. The van der Waals surface area contributed by atoms with E-state index in [0.717, 1.165) is 15.9 Å². The number of halogens is 1. The summed E-state index contributed by atoms with van der Waals surface area (Å²) in [4.78, 5) is 8.07. The molecular weight excluding hydrogens is 264 g/mol. The maximum absolute atomic E-state index is 5.94. The van der Waals surface area contributed by atoms with E-state index in [-0.39, 0.29) is 6.04 Å². The first-order chi connectivity index (χ1) is 8.63. The second kappa shape index (κ2) is 4.48. The van der Waals surface area contributed by atoms with Crippen LogP contribution in [0.3, 0.4) is 0 Å². The van der Waals surface area contributed by atoms with Crippen LogP contribution in [0, 0.1) is 0 Å². The van der Waals surface area contributed by atoms with E-state index in [4.69, 9.17) is 11.6 Å². The Bertz CT molecular complexity index is 572. The Labute approximate surface area is 116 Å². The Kier molecular flexibility index (Phi) is 2.96. The Morgan fingerprint density at radius 3 is 2.67 bits per heavy atom. The lowest BCUT2D eigenvalue weighted by Gasteiger charge is -2.29. The lowest BCUT2D eigenvalue weighted by molar-refractivity contribution is 0.484. The molecule has 18 heavy (non-hydrogen) atoms. The van der Waals surface area contributed by atoms with Gasteiger partial charge >= 0.3 is 0 Å². The molecule has 0 aliphatic carbocycles. The third kappa shape index (κ3) is 2.08. The van der Waals surface area contributed by atoms with Gasteiger partial charge in [-0.1, -0.05) is 35.5 Å². The van der Waals surface area contributed by atoms with Gasteiger partial charge in [-0.3, -0.25) is 0 Å². The summed E-state index contributed by atoms with van der Waals surface area (Å²) < 4.78 is 0. The number of hydrogen-bond acceptors (Lipinski definition) is 3. The fourth-order valence-corrected chi connectivity index (χ4v) is 3.21. The van der Waals surface area contributed by atoms with Crippen LogP contribution in [0.4, 0.5) is 0 Å². The molecule has 0 saturated heterocycles. The standard InChI is InChI=1S/C14H13ClN2S/c1-9-7-13(11-3-5-12(15)6-4-11)17-8-10(2)18-14(17)16-9/h3-8,13H,1-2H3. The van der Waals surface area contributed by atoms with Crippen LogP contribution >= 0.6 is 23.4 Å². The highest BCUT2D eigenvalue weighted by atomic mass is 35.5. The average Bonchev–Trinajstić information content (AvgIpc) is 2.69. The fraction of sp³-hybridized carbons (Fsp3) is 0.214. The Hall–Kier alpha value is -1.19. The maximum atomic E-state index is 5.94. The average molecular weight is 277 g/mol. The molecule has 0 aromatic heterocycles. The van der Waals surface area contributed by atoms with Gasteiger partial charge in [0.2, 0.25) is 0 Å². The summed E-state index contributed by atoms with van der Waals surface area (Å²) in [5, 5.41) is 1.83. The van der Waals surface area contributed by atoms with E-state index in [2.05, 4.69) is 41.2 Å². The Morgan fingerprint density at radius 2 is 1.94 bits per heavy atom. The number of nitrogens with zero attached hydrogens (tertiary/aromatic N) is 2. The van der Waals surface area contributed by atoms with Gasteiger partial charge in [-0.05, 0) is 37.6 Å². The Morgan fingerprint density at radius 1 is 1.22 bits per heavy atom. The second-order valence-electron chi connectivity index (χ2n) is 4.45. The predicted molar refractivity (Wildman–Crippen MR) is 78.6 cm³/mol. The van der Waals surface area contributed by atoms with Crippen molar-refractivity contribution in [1.82, 2.24) is 4.90 Å². The summed E-state index contributed by atoms with van der Waals surface area (Å²) in [6.45, 7) is 4.15. The van der Waals surface area contributed by atoms with Crippen molar-refractivity contribution >= 4 is 28.5 Å². The summed E-state index contributed by atoms with van der Waals surface area (Å²) in [6.07, 6.45) is 4.34. The van der Waals surface area contributed by atoms with E-state index in [9.17, 15) is 0 Å². The molecule has 2 nitrogen and oxygen atoms in total. The van der Waals surface area contributed by atoms with Crippen molar-refractivity contribution in [1.29, 1.82) is 0 Å². The molecule has 0 fully saturated rings. The number of allylic oxidation sites excluding steroid dienone is 2. The second-order valence-corrected chi connectivity index (χ2v) is 6.10. The first-order valence-electron chi connectivity index (χ1n) is 5.81. The molecule has 1 aromatic rings. The molecule has 2 heterocycles. The van der Waals surface area contributed by atoms with Crippen LogP contribution in [-0.2, 0) is 0 Å².